The van der Waals surface area contributed by atoms with Crippen LogP contribution in [0.4, 0.5) is 10.2 Å². The van der Waals surface area contributed by atoms with Crippen molar-refractivity contribution in [3.63, 3.8) is 0 Å². The Bertz CT molecular complexity index is 1080. The van der Waals surface area contributed by atoms with E-state index < -0.39 is 17.1 Å². The quantitative estimate of drug-likeness (QED) is 0.637. The Morgan fingerprint density at radius 1 is 1.00 bits per heavy atom. The van der Waals surface area contributed by atoms with Gasteiger partial charge in [0.1, 0.15) is 11.6 Å². The fraction of sp³-hybridized carbons (Fsp3) is 0.462. The van der Waals surface area contributed by atoms with Crippen LogP contribution in [-0.2, 0) is 19.8 Å². The van der Waals surface area contributed by atoms with Gasteiger partial charge in [0, 0.05) is 56.8 Å². The normalized spacial score (nSPS) is 23.7. The number of piperazine rings is 1. The van der Waals surface area contributed by atoms with Crippen molar-refractivity contribution in [3.8, 4) is 0 Å². The molecule has 178 valence electrons. The highest BCUT2D eigenvalue weighted by atomic mass is 19.1. The zero-order chi connectivity index (χ0) is 23.7. The lowest BCUT2D eigenvalue weighted by atomic mass is 9.75. The first-order chi connectivity index (χ1) is 16.5. The molecule has 1 aromatic heterocycles. The highest BCUT2D eigenvalue weighted by Crippen LogP contribution is 2.44. The monoisotopic (exact) mass is 464 g/mol. The van der Waals surface area contributed by atoms with Crippen LogP contribution in [-0.4, -0.2) is 64.7 Å². The van der Waals surface area contributed by atoms with Crippen LogP contribution in [0.1, 0.15) is 44.1 Å². The molecule has 34 heavy (non-hydrogen) atoms. The fourth-order valence-electron chi connectivity index (χ4n) is 5.68. The SMILES string of the molecule is O=C(CC1(c2ccccc2F)CC(=O)N(C2CCCC2)C1=O)N1CCN(c2ccccn2)CC1. The van der Waals surface area contributed by atoms with E-state index in [1.165, 1.54) is 11.0 Å². The number of aromatic nitrogens is 1. The number of halogens is 1. The van der Waals surface area contributed by atoms with Gasteiger partial charge in [-0.15, -0.1) is 0 Å². The summed E-state index contributed by atoms with van der Waals surface area (Å²) in [7, 11) is 0. The number of imide groups is 1. The van der Waals surface area contributed by atoms with Crippen LogP contribution < -0.4 is 4.90 Å². The van der Waals surface area contributed by atoms with Crippen LogP contribution in [0.5, 0.6) is 0 Å². The molecule has 1 aromatic carbocycles. The molecule has 0 bridgehead atoms. The molecule has 2 aromatic rings. The number of pyridine rings is 1. The van der Waals surface area contributed by atoms with Gasteiger partial charge in [0.15, 0.2) is 0 Å². The minimum atomic E-state index is -1.49. The van der Waals surface area contributed by atoms with Crippen molar-refractivity contribution in [2.24, 2.45) is 0 Å². The van der Waals surface area contributed by atoms with Crippen molar-refractivity contribution < 1.29 is 18.8 Å². The number of carbonyl (C=O) groups excluding carboxylic acids is 3. The molecule has 8 heteroatoms. The van der Waals surface area contributed by atoms with E-state index in [1.54, 1.807) is 29.3 Å². The standard InChI is InChI=1S/C26H29FN4O3/c27-21-10-4-3-9-20(21)26(18-24(33)31(25(26)34)19-7-1-2-8-19)17-23(32)30-15-13-29(14-16-30)22-11-5-6-12-28-22/h3-6,9-12,19H,1-2,7-8,13-18H2. The van der Waals surface area contributed by atoms with Gasteiger partial charge in [0.05, 0.1) is 5.41 Å². The van der Waals surface area contributed by atoms with Crippen LogP contribution in [0.2, 0.25) is 0 Å². The Hall–Kier alpha value is -3.29. The number of likely N-dealkylation sites (tertiary alicyclic amines) is 1. The predicted octanol–water partition coefficient (Wildman–Crippen LogP) is 2.90. The Labute approximate surface area is 198 Å². The maximum Gasteiger partial charge on any atom is 0.241 e. The van der Waals surface area contributed by atoms with E-state index in [9.17, 15) is 14.4 Å². The van der Waals surface area contributed by atoms with Gasteiger partial charge in [0.2, 0.25) is 17.7 Å². The molecule has 2 aliphatic heterocycles. The van der Waals surface area contributed by atoms with Crippen molar-refractivity contribution in [1.29, 1.82) is 0 Å². The number of anilines is 1. The second-order valence-electron chi connectivity index (χ2n) is 9.48. The highest BCUT2D eigenvalue weighted by Gasteiger charge is 2.56. The van der Waals surface area contributed by atoms with Gasteiger partial charge in [-0.3, -0.25) is 19.3 Å². The first kappa shape index (κ1) is 22.5. The first-order valence-electron chi connectivity index (χ1n) is 12.0. The maximum atomic E-state index is 15.0. The number of nitrogens with zero attached hydrogens (tertiary/aromatic N) is 4. The molecular weight excluding hydrogens is 435 g/mol. The molecule has 5 rings (SSSR count). The number of hydrogen-bond donors (Lipinski definition) is 0. The van der Waals surface area contributed by atoms with Crippen LogP contribution in [0.3, 0.4) is 0 Å². The van der Waals surface area contributed by atoms with Gasteiger partial charge in [-0.1, -0.05) is 37.1 Å². The topological polar surface area (TPSA) is 73.8 Å². The molecule has 1 atom stereocenters. The van der Waals surface area contributed by atoms with Gasteiger partial charge in [-0.2, -0.15) is 0 Å². The summed E-state index contributed by atoms with van der Waals surface area (Å²) in [6.45, 7) is 2.21. The molecule has 7 nitrogen and oxygen atoms in total. The zero-order valence-corrected chi connectivity index (χ0v) is 19.2. The maximum absolute atomic E-state index is 15.0. The van der Waals surface area contributed by atoms with Crippen LogP contribution in [0, 0.1) is 5.82 Å². The summed E-state index contributed by atoms with van der Waals surface area (Å²) < 4.78 is 15.0. The van der Waals surface area contributed by atoms with Crippen molar-refractivity contribution >= 4 is 23.5 Å². The predicted molar refractivity (Wildman–Crippen MR) is 124 cm³/mol. The van der Waals surface area contributed by atoms with E-state index in [2.05, 4.69) is 9.88 Å². The number of hydrogen-bond acceptors (Lipinski definition) is 5. The smallest absolute Gasteiger partial charge is 0.241 e. The molecule has 3 amide bonds. The summed E-state index contributed by atoms with van der Waals surface area (Å²) in [5.41, 5.74) is -1.34. The molecule has 1 saturated carbocycles. The molecule has 1 aliphatic carbocycles. The zero-order valence-electron chi connectivity index (χ0n) is 19.2. The van der Waals surface area contributed by atoms with Gasteiger partial charge in [-0.05, 0) is 31.0 Å². The molecule has 3 aliphatic rings. The van der Waals surface area contributed by atoms with E-state index in [-0.39, 0.29) is 36.3 Å². The molecule has 3 fully saturated rings. The fourth-order valence-corrected chi connectivity index (χ4v) is 5.68. The summed E-state index contributed by atoms with van der Waals surface area (Å²) in [6, 6.07) is 11.6. The summed E-state index contributed by atoms with van der Waals surface area (Å²) in [5.74, 6) is -0.632. The number of rotatable bonds is 5. The van der Waals surface area contributed by atoms with E-state index in [1.807, 2.05) is 18.2 Å². The average molecular weight is 465 g/mol. The number of benzene rings is 1. The molecule has 0 spiro atoms. The lowest BCUT2D eigenvalue weighted by Gasteiger charge is -2.37. The highest BCUT2D eigenvalue weighted by molar-refractivity contribution is 6.11. The number of amides is 3. The Balaban J connectivity index is 1.38. The van der Waals surface area contributed by atoms with Crippen molar-refractivity contribution in [2.75, 3.05) is 31.1 Å². The lowest BCUT2D eigenvalue weighted by molar-refractivity contribution is -0.144. The van der Waals surface area contributed by atoms with Gasteiger partial charge >= 0.3 is 0 Å². The van der Waals surface area contributed by atoms with Gasteiger partial charge in [0.25, 0.3) is 0 Å². The molecule has 0 radical (unpaired) electrons. The Morgan fingerprint density at radius 3 is 2.38 bits per heavy atom. The number of carbonyl (C=O) groups is 3. The third kappa shape index (κ3) is 3.95. The summed E-state index contributed by atoms with van der Waals surface area (Å²) in [5, 5.41) is 0. The third-order valence-corrected chi connectivity index (χ3v) is 7.49. The van der Waals surface area contributed by atoms with Crippen LogP contribution >= 0.6 is 0 Å². The van der Waals surface area contributed by atoms with E-state index in [0.717, 1.165) is 31.5 Å². The Kier molecular flexibility index (Phi) is 6.06. The molecule has 0 N–H and O–H groups in total. The molecule has 1 unspecified atom stereocenters. The summed E-state index contributed by atoms with van der Waals surface area (Å²) >= 11 is 0. The summed E-state index contributed by atoms with van der Waals surface area (Å²) in [4.78, 5) is 49.9. The largest absolute Gasteiger partial charge is 0.353 e. The van der Waals surface area contributed by atoms with E-state index in [4.69, 9.17) is 0 Å². The lowest BCUT2D eigenvalue weighted by Crippen LogP contribution is -2.51. The summed E-state index contributed by atoms with van der Waals surface area (Å²) in [6.07, 6.45) is 4.85. The van der Waals surface area contributed by atoms with Crippen molar-refractivity contribution in [1.82, 2.24) is 14.8 Å². The first-order valence-corrected chi connectivity index (χ1v) is 12.0. The van der Waals surface area contributed by atoms with Gasteiger partial charge in [-0.25, -0.2) is 9.37 Å². The van der Waals surface area contributed by atoms with E-state index >= 15 is 4.39 Å². The van der Waals surface area contributed by atoms with Crippen LogP contribution in [0.25, 0.3) is 0 Å². The molecule has 2 saturated heterocycles. The van der Waals surface area contributed by atoms with Gasteiger partial charge < -0.3 is 9.80 Å². The minimum absolute atomic E-state index is 0.148. The minimum Gasteiger partial charge on any atom is -0.353 e. The van der Waals surface area contributed by atoms with Crippen LogP contribution in [0.15, 0.2) is 48.7 Å². The second kappa shape index (κ2) is 9.16. The average Bonchev–Trinajstić information content (AvgIpc) is 3.46. The Morgan fingerprint density at radius 2 is 1.71 bits per heavy atom. The molecular formula is C26H29FN4O3. The third-order valence-electron chi connectivity index (χ3n) is 7.49. The second-order valence-corrected chi connectivity index (χ2v) is 9.48. The van der Waals surface area contributed by atoms with E-state index in [0.29, 0.717) is 26.2 Å². The molecule has 3 heterocycles. The van der Waals surface area contributed by atoms with Crippen molar-refractivity contribution in [2.45, 2.75) is 50.0 Å². The van der Waals surface area contributed by atoms with Crippen molar-refractivity contribution in [3.05, 3.63) is 60.0 Å².